The molecule has 0 atom stereocenters. The Morgan fingerprint density at radius 3 is 2.11 bits per heavy atom. The van der Waals surface area contributed by atoms with Gasteiger partial charge in [0.2, 0.25) is 11.8 Å². The van der Waals surface area contributed by atoms with Crippen molar-refractivity contribution in [3.8, 4) is 0 Å². The summed E-state index contributed by atoms with van der Waals surface area (Å²) in [5.74, 6) is 0.188. The van der Waals surface area contributed by atoms with Crippen molar-refractivity contribution < 1.29 is 9.59 Å². The highest BCUT2D eigenvalue weighted by atomic mass is 16.2. The molecule has 5 nitrogen and oxygen atoms in total. The summed E-state index contributed by atoms with van der Waals surface area (Å²) in [7, 11) is 3.52. The fourth-order valence-corrected chi connectivity index (χ4v) is 1.80. The average Bonchev–Trinajstić information content (AvgIpc) is 2.28. The van der Waals surface area contributed by atoms with Gasteiger partial charge in [-0.25, -0.2) is 0 Å². The maximum Gasteiger partial charge on any atom is 0.246 e. The van der Waals surface area contributed by atoms with Gasteiger partial charge < -0.3 is 9.80 Å². The van der Waals surface area contributed by atoms with Gasteiger partial charge in [-0.15, -0.1) is 0 Å². The first-order chi connectivity index (χ1) is 8.40. The van der Waals surface area contributed by atoms with E-state index in [1.165, 1.54) is 0 Å². The zero-order chi connectivity index (χ0) is 13.7. The summed E-state index contributed by atoms with van der Waals surface area (Å²) in [5, 5.41) is 0. The Bertz CT molecular complexity index is 338. The zero-order valence-electron chi connectivity index (χ0n) is 11.8. The van der Waals surface area contributed by atoms with Crippen LogP contribution in [0.15, 0.2) is 11.6 Å². The summed E-state index contributed by atoms with van der Waals surface area (Å²) in [4.78, 5) is 28.9. The summed E-state index contributed by atoms with van der Waals surface area (Å²) in [6.07, 6.45) is 1.67. The lowest BCUT2D eigenvalue weighted by atomic mass is 10.2. The van der Waals surface area contributed by atoms with Crippen LogP contribution in [0.5, 0.6) is 0 Å². The van der Waals surface area contributed by atoms with Gasteiger partial charge in [0.05, 0.1) is 6.54 Å². The smallest absolute Gasteiger partial charge is 0.246 e. The number of likely N-dealkylation sites (N-methyl/N-ethyl adjacent to an activating group) is 1. The van der Waals surface area contributed by atoms with Crippen LogP contribution in [0.3, 0.4) is 0 Å². The first-order valence-electron chi connectivity index (χ1n) is 6.26. The fraction of sp³-hybridized carbons (Fsp3) is 0.692. The molecular formula is C13H23N3O2. The molecule has 18 heavy (non-hydrogen) atoms. The van der Waals surface area contributed by atoms with Crippen LogP contribution < -0.4 is 0 Å². The molecule has 0 spiro atoms. The maximum atomic E-state index is 11.8. The third-order valence-electron chi connectivity index (χ3n) is 2.95. The molecule has 1 heterocycles. The molecule has 1 aliphatic heterocycles. The zero-order valence-corrected chi connectivity index (χ0v) is 11.8. The summed E-state index contributed by atoms with van der Waals surface area (Å²) < 4.78 is 0. The minimum absolute atomic E-state index is 0.0774. The molecule has 0 aliphatic carbocycles. The van der Waals surface area contributed by atoms with Crippen molar-refractivity contribution in [2.24, 2.45) is 0 Å². The van der Waals surface area contributed by atoms with E-state index < -0.39 is 0 Å². The minimum atomic E-state index is 0.0774. The number of piperazine rings is 1. The molecule has 0 aromatic heterocycles. The SMILES string of the molecule is CC(C)=CC(=O)N1CCN(CC(=O)N(C)C)CC1. The number of rotatable bonds is 3. The lowest BCUT2D eigenvalue weighted by Gasteiger charge is -2.34. The second-order valence-electron chi connectivity index (χ2n) is 5.11. The summed E-state index contributed by atoms with van der Waals surface area (Å²) >= 11 is 0. The van der Waals surface area contributed by atoms with Gasteiger partial charge >= 0.3 is 0 Å². The molecule has 1 saturated heterocycles. The highest BCUT2D eigenvalue weighted by Gasteiger charge is 2.21. The van der Waals surface area contributed by atoms with Gasteiger partial charge in [0, 0.05) is 46.4 Å². The first-order valence-corrected chi connectivity index (χ1v) is 6.26. The van der Waals surface area contributed by atoms with Crippen molar-refractivity contribution in [3.05, 3.63) is 11.6 Å². The molecule has 5 heteroatoms. The van der Waals surface area contributed by atoms with E-state index in [4.69, 9.17) is 0 Å². The number of allylic oxidation sites excluding steroid dienone is 1. The van der Waals surface area contributed by atoms with Crippen LogP contribution in [0.25, 0.3) is 0 Å². The first kappa shape index (κ1) is 14.7. The Hall–Kier alpha value is -1.36. The van der Waals surface area contributed by atoms with Crippen LogP contribution in [-0.4, -0.2) is 73.3 Å². The third-order valence-corrected chi connectivity index (χ3v) is 2.95. The summed E-state index contributed by atoms with van der Waals surface area (Å²) in [6, 6.07) is 0. The maximum absolute atomic E-state index is 11.8. The van der Waals surface area contributed by atoms with Crippen molar-refractivity contribution in [3.63, 3.8) is 0 Å². The summed E-state index contributed by atoms with van der Waals surface area (Å²) in [6.45, 7) is 7.21. The number of nitrogens with zero attached hydrogens (tertiary/aromatic N) is 3. The van der Waals surface area contributed by atoms with E-state index in [1.807, 2.05) is 18.7 Å². The van der Waals surface area contributed by atoms with E-state index in [0.29, 0.717) is 19.6 Å². The number of hydrogen-bond donors (Lipinski definition) is 0. The Morgan fingerprint density at radius 2 is 1.67 bits per heavy atom. The van der Waals surface area contributed by atoms with Crippen molar-refractivity contribution in [1.29, 1.82) is 0 Å². The molecule has 1 aliphatic rings. The van der Waals surface area contributed by atoms with Crippen LogP contribution in [0.4, 0.5) is 0 Å². The molecule has 1 fully saturated rings. The standard InChI is InChI=1S/C13H23N3O2/c1-11(2)9-12(17)16-7-5-15(6-8-16)10-13(18)14(3)4/h9H,5-8,10H2,1-4H3. The Balaban J connectivity index is 2.39. The van der Waals surface area contributed by atoms with Crippen LogP contribution in [0, 0.1) is 0 Å². The monoisotopic (exact) mass is 253 g/mol. The highest BCUT2D eigenvalue weighted by Crippen LogP contribution is 2.04. The lowest BCUT2D eigenvalue weighted by Crippen LogP contribution is -2.50. The number of amides is 2. The molecule has 2 amide bonds. The molecule has 0 radical (unpaired) electrons. The van der Waals surface area contributed by atoms with E-state index in [-0.39, 0.29) is 11.8 Å². The summed E-state index contributed by atoms with van der Waals surface area (Å²) in [5.41, 5.74) is 1.02. The van der Waals surface area contributed by atoms with Crippen LogP contribution in [0.1, 0.15) is 13.8 Å². The molecule has 1 rings (SSSR count). The fourth-order valence-electron chi connectivity index (χ4n) is 1.80. The van der Waals surface area contributed by atoms with E-state index >= 15 is 0 Å². The Kier molecular flexibility index (Phi) is 5.34. The van der Waals surface area contributed by atoms with Gasteiger partial charge in [0.25, 0.3) is 0 Å². The third kappa shape index (κ3) is 4.49. The normalized spacial score (nSPS) is 16.3. The quantitative estimate of drug-likeness (QED) is 0.674. The van der Waals surface area contributed by atoms with Gasteiger partial charge in [-0.3, -0.25) is 14.5 Å². The van der Waals surface area contributed by atoms with Crippen LogP contribution >= 0.6 is 0 Å². The molecule has 0 N–H and O–H groups in total. The molecule has 102 valence electrons. The molecule has 0 aromatic carbocycles. The van der Waals surface area contributed by atoms with E-state index in [0.717, 1.165) is 18.7 Å². The highest BCUT2D eigenvalue weighted by molar-refractivity contribution is 5.88. The van der Waals surface area contributed by atoms with Gasteiger partial charge in [0.15, 0.2) is 0 Å². The van der Waals surface area contributed by atoms with Gasteiger partial charge in [-0.05, 0) is 13.8 Å². The minimum Gasteiger partial charge on any atom is -0.348 e. The predicted molar refractivity (Wildman–Crippen MR) is 71.1 cm³/mol. The van der Waals surface area contributed by atoms with Crippen molar-refractivity contribution in [2.45, 2.75) is 13.8 Å². The largest absolute Gasteiger partial charge is 0.348 e. The predicted octanol–water partition coefficient (Wildman–Crippen LogP) is 0.185. The molecule has 0 unspecified atom stereocenters. The second-order valence-corrected chi connectivity index (χ2v) is 5.11. The molecular weight excluding hydrogens is 230 g/mol. The van der Waals surface area contributed by atoms with Crippen LogP contribution in [0.2, 0.25) is 0 Å². The molecule has 0 aromatic rings. The Labute approximate surface area is 109 Å². The van der Waals surface area contributed by atoms with Gasteiger partial charge in [-0.1, -0.05) is 5.57 Å². The molecule has 0 saturated carbocycles. The van der Waals surface area contributed by atoms with Crippen molar-refractivity contribution in [1.82, 2.24) is 14.7 Å². The average molecular weight is 253 g/mol. The van der Waals surface area contributed by atoms with E-state index in [2.05, 4.69) is 4.90 Å². The number of carbonyl (C=O) groups is 2. The molecule has 0 bridgehead atoms. The van der Waals surface area contributed by atoms with E-state index in [9.17, 15) is 9.59 Å². The number of hydrogen-bond acceptors (Lipinski definition) is 3. The van der Waals surface area contributed by atoms with Crippen LogP contribution in [-0.2, 0) is 9.59 Å². The number of carbonyl (C=O) groups excluding carboxylic acids is 2. The second kappa shape index (κ2) is 6.54. The van der Waals surface area contributed by atoms with Gasteiger partial charge in [-0.2, -0.15) is 0 Å². The van der Waals surface area contributed by atoms with Crippen molar-refractivity contribution >= 4 is 11.8 Å². The van der Waals surface area contributed by atoms with Gasteiger partial charge in [0.1, 0.15) is 0 Å². The van der Waals surface area contributed by atoms with E-state index in [1.54, 1.807) is 25.1 Å². The topological polar surface area (TPSA) is 43.9 Å². The Morgan fingerprint density at radius 1 is 1.11 bits per heavy atom. The lowest BCUT2D eigenvalue weighted by molar-refractivity contribution is -0.131. The van der Waals surface area contributed by atoms with Crippen molar-refractivity contribution in [2.75, 3.05) is 46.8 Å².